The second-order valence-electron chi connectivity index (χ2n) is 3.62. The van der Waals surface area contributed by atoms with Gasteiger partial charge < -0.3 is 10.3 Å². The van der Waals surface area contributed by atoms with Gasteiger partial charge in [0.05, 0.1) is 28.1 Å². The van der Waals surface area contributed by atoms with E-state index in [0.29, 0.717) is 10.0 Å². The maximum absolute atomic E-state index is 6.07. The first kappa shape index (κ1) is 11.5. The average Bonchev–Trinajstić information content (AvgIpc) is 2.68. The number of halogens is 2. The number of aryl methyl sites for hydroxylation is 1. The van der Waals surface area contributed by atoms with Crippen molar-refractivity contribution >= 4 is 23.2 Å². The van der Waals surface area contributed by atoms with E-state index in [0.717, 1.165) is 11.3 Å². The molecule has 1 unspecified atom stereocenters. The Labute approximate surface area is 104 Å². The van der Waals surface area contributed by atoms with Crippen LogP contribution in [0.1, 0.15) is 17.3 Å². The van der Waals surface area contributed by atoms with Gasteiger partial charge in [0.15, 0.2) is 0 Å². The summed E-state index contributed by atoms with van der Waals surface area (Å²) >= 11 is 11.8. The zero-order chi connectivity index (χ0) is 11.7. The third-order valence-corrected chi connectivity index (χ3v) is 3.09. The molecule has 0 aliphatic heterocycles. The number of nitrogens with two attached hydrogens (primary N) is 1. The first-order valence-electron chi connectivity index (χ1n) is 4.76. The number of nitrogens with zero attached hydrogens (tertiary/aromatic N) is 2. The molecule has 0 fully saturated rings. The lowest BCUT2D eigenvalue weighted by molar-refractivity contribution is 0.835. The number of hydrogen-bond acceptors (Lipinski definition) is 2. The molecule has 5 heteroatoms. The van der Waals surface area contributed by atoms with E-state index in [1.165, 1.54) is 0 Å². The highest BCUT2D eigenvalue weighted by atomic mass is 35.5. The highest BCUT2D eigenvalue weighted by Gasteiger charge is 2.12. The monoisotopic (exact) mass is 255 g/mol. The molecule has 2 rings (SSSR count). The van der Waals surface area contributed by atoms with E-state index < -0.39 is 0 Å². The Balaban J connectivity index is 2.33. The minimum Gasteiger partial charge on any atom is -0.340 e. The molecule has 2 aromatic rings. The van der Waals surface area contributed by atoms with Crippen LogP contribution in [-0.2, 0) is 7.05 Å². The molecule has 0 bridgehead atoms. The van der Waals surface area contributed by atoms with Crippen LogP contribution in [0, 0.1) is 0 Å². The summed E-state index contributed by atoms with van der Waals surface area (Å²) in [6.45, 7) is 0. The molecule has 0 saturated heterocycles. The van der Waals surface area contributed by atoms with Crippen molar-refractivity contribution in [2.75, 3.05) is 0 Å². The van der Waals surface area contributed by atoms with Crippen molar-refractivity contribution < 1.29 is 0 Å². The highest BCUT2D eigenvalue weighted by Crippen LogP contribution is 2.26. The molecule has 0 radical (unpaired) electrons. The van der Waals surface area contributed by atoms with Crippen LogP contribution in [0.3, 0.4) is 0 Å². The van der Waals surface area contributed by atoms with E-state index in [2.05, 4.69) is 4.98 Å². The third kappa shape index (κ3) is 2.21. The molecule has 84 valence electrons. The van der Waals surface area contributed by atoms with E-state index >= 15 is 0 Å². The van der Waals surface area contributed by atoms with Gasteiger partial charge in [-0.2, -0.15) is 0 Å². The predicted octanol–water partition coefficient (Wildman–Crippen LogP) is 2.78. The Hall–Kier alpha value is -1.03. The number of imidazole rings is 1. The van der Waals surface area contributed by atoms with Crippen molar-refractivity contribution in [2.45, 2.75) is 6.04 Å². The minimum absolute atomic E-state index is 0.282. The summed E-state index contributed by atoms with van der Waals surface area (Å²) in [6, 6.07) is 5.08. The molecular formula is C11H11Cl2N3. The summed E-state index contributed by atoms with van der Waals surface area (Å²) in [6.07, 6.45) is 3.60. The van der Waals surface area contributed by atoms with Crippen LogP contribution < -0.4 is 5.73 Å². The van der Waals surface area contributed by atoms with Gasteiger partial charge in [-0.05, 0) is 17.7 Å². The Morgan fingerprint density at radius 2 is 2.06 bits per heavy atom. The molecule has 1 atom stereocenters. The van der Waals surface area contributed by atoms with Crippen LogP contribution in [0.2, 0.25) is 10.0 Å². The molecule has 3 nitrogen and oxygen atoms in total. The molecule has 0 spiro atoms. The number of aromatic nitrogens is 2. The second kappa shape index (κ2) is 4.45. The van der Waals surface area contributed by atoms with Crippen molar-refractivity contribution in [1.29, 1.82) is 0 Å². The van der Waals surface area contributed by atoms with Gasteiger partial charge in [0.2, 0.25) is 0 Å². The van der Waals surface area contributed by atoms with Gasteiger partial charge in [-0.3, -0.25) is 0 Å². The van der Waals surface area contributed by atoms with Crippen molar-refractivity contribution in [3.05, 3.63) is 52.0 Å². The molecule has 1 aromatic heterocycles. The first-order valence-corrected chi connectivity index (χ1v) is 5.52. The fraction of sp³-hybridized carbons (Fsp3) is 0.182. The van der Waals surface area contributed by atoms with Crippen LogP contribution >= 0.6 is 23.2 Å². The van der Waals surface area contributed by atoms with Crippen molar-refractivity contribution in [3.8, 4) is 0 Å². The Morgan fingerprint density at radius 3 is 2.62 bits per heavy atom. The number of benzene rings is 1. The Bertz CT molecular complexity index is 508. The van der Waals surface area contributed by atoms with Gasteiger partial charge in [-0.1, -0.05) is 29.3 Å². The normalized spacial score (nSPS) is 12.8. The van der Waals surface area contributed by atoms with Gasteiger partial charge in [0.25, 0.3) is 0 Å². The van der Waals surface area contributed by atoms with Gasteiger partial charge >= 0.3 is 0 Å². The van der Waals surface area contributed by atoms with E-state index in [4.69, 9.17) is 28.9 Å². The quantitative estimate of drug-likeness (QED) is 0.897. The molecule has 1 aromatic carbocycles. The summed E-state index contributed by atoms with van der Waals surface area (Å²) < 4.78 is 1.85. The summed E-state index contributed by atoms with van der Waals surface area (Å²) in [7, 11) is 1.90. The maximum Gasteiger partial charge on any atom is 0.0947 e. The van der Waals surface area contributed by atoms with E-state index in [1.807, 2.05) is 23.9 Å². The standard InChI is InChI=1S/C11H11Cl2N3/c1-16-5-10(15-6-16)11(14)7-2-3-8(12)9(13)4-7/h2-6,11H,14H2,1H3. The van der Waals surface area contributed by atoms with Gasteiger partial charge in [0.1, 0.15) is 0 Å². The Kier molecular flexibility index (Phi) is 3.19. The zero-order valence-electron chi connectivity index (χ0n) is 8.69. The average molecular weight is 256 g/mol. The first-order chi connectivity index (χ1) is 7.58. The molecule has 0 aliphatic carbocycles. The van der Waals surface area contributed by atoms with Crippen molar-refractivity contribution in [2.24, 2.45) is 12.8 Å². The fourth-order valence-corrected chi connectivity index (χ4v) is 1.78. The third-order valence-electron chi connectivity index (χ3n) is 2.35. The molecule has 0 saturated carbocycles. The topological polar surface area (TPSA) is 43.8 Å². The molecule has 16 heavy (non-hydrogen) atoms. The summed E-state index contributed by atoms with van der Waals surface area (Å²) in [5, 5.41) is 1.03. The molecule has 2 N–H and O–H groups in total. The van der Waals surface area contributed by atoms with E-state index in [1.54, 1.807) is 18.5 Å². The molecule has 1 heterocycles. The zero-order valence-corrected chi connectivity index (χ0v) is 10.2. The van der Waals surface area contributed by atoms with Crippen LogP contribution in [-0.4, -0.2) is 9.55 Å². The molecule has 0 amide bonds. The SMILES string of the molecule is Cn1cnc(C(N)c2ccc(Cl)c(Cl)c2)c1. The van der Waals surface area contributed by atoms with Crippen molar-refractivity contribution in [1.82, 2.24) is 9.55 Å². The minimum atomic E-state index is -0.282. The fourth-order valence-electron chi connectivity index (χ4n) is 1.47. The van der Waals surface area contributed by atoms with Crippen molar-refractivity contribution in [3.63, 3.8) is 0 Å². The summed E-state index contributed by atoms with van der Waals surface area (Å²) in [5.74, 6) is 0. The second-order valence-corrected chi connectivity index (χ2v) is 4.43. The Morgan fingerprint density at radius 1 is 1.31 bits per heavy atom. The summed E-state index contributed by atoms with van der Waals surface area (Å²) in [4.78, 5) is 4.21. The van der Waals surface area contributed by atoms with Crippen LogP contribution in [0.15, 0.2) is 30.7 Å². The highest BCUT2D eigenvalue weighted by molar-refractivity contribution is 6.42. The predicted molar refractivity (Wildman–Crippen MR) is 65.7 cm³/mol. The van der Waals surface area contributed by atoms with Gasteiger partial charge in [-0.15, -0.1) is 0 Å². The molecule has 0 aliphatic rings. The van der Waals surface area contributed by atoms with Crippen LogP contribution in [0.5, 0.6) is 0 Å². The van der Waals surface area contributed by atoms with Gasteiger partial charge in [-0.25, -0.2) is 4.98 Å². The number of rotatable bonds is 2. The van der Waals surface area contributed by atoms with E-state index in [-0.39, 0.29) is 6.04 Å². The maximum atomic E-state index is 6.07. The molecular weight excluding hydrogens is 245 g/mol. The van der Waals surface area contributed by atoms with Gasteiger partial charge in [0, 0.05) is 13.2 Å². The smallest absolute Gasteiger partial charge is 0.0947 e. The van der Waals surface area contributed by atoms with Crippen LogP contribution in [0.25, 0.3) is 0 Å². The number of hydrogen-bond donors (Lipinski definition) is 1. The summed E-state index contributed by atoms with van der Waals surface area (Å²) in [5.41, 5.74) is 7.77. The lowest BCUT2D eigenvalue weighted by Gasteiger charge is -2.10. The lowest BCUT2D eigenvalue weighted by atomic mass is 10.1. The van der Waals surface area contributed by atoms with E-state index in [9.17, 15) is 0 Å². The lowest BCUT2D eigenvalue weighted by Crippen LogP contribution is -2.12. The van der Waals surface area contributed by atoms with Crippen LogP contribution in [0.4, 0.5) is 0 Å². The largest absolute Gasteiger partial charge is 0.340 e.